The second kappa shape index (κ2) is 4.89. The Balaban J connectivity index is 2.26. The number of amides is 1. The summed E-state index contributed by atoms with van der Waals surface area (Å²) >= 11 is 9.26. The second-order valence-electron chi connectivity index (χ2n) is 3.51. The highest BCUT2D eigenvalue weighted by Crippen LogP contribution is 2.22. The Morgan fingerprint density at radius 2 is 2.29 bits per heavy atom. The zero-order valence-corrected chi connectivity index (χ0v) is 11.3. The van der Waals surface area contributed by atoms with Gasteiger partial charge in [0.25, 0.3) is 5.91 Å². The van der Waals surface area contributed by atoms with Gasteiger partial charge in [0, 0.05) is 10.0 Å². The summed E-state index contributed by atoms with van der Waals surface area (Å²) in [6.45, 7) is 1.85. The van der Waals surface area contributed by atoms with Crippen LogP contribution in [0.25, 0.3) is 0 Å². The van der Waals surface area contributed by atoms with Gasteiger partial charge in [-0.2, -0.15) is 5.10 Å². The van der Waals surface area contributed by atoms with Crippen LogP contribution >= 0.6 is 27.5 Å². The van der Waals surface area contributed by atoms with E-state index in [9.17, 15) is 4.79 Å². The third-order valence-corrected chi connectivity index (χ3v) is 3.06. The maximum absolute atomic E-state index is 12.0. The van der Waals surface area contributed by atoms with E-state index in [2.05, 4.69) is 31.4 Å². The number of hydrogen-bond acceptors (Lipinski definition) is 2. The number of nitrogens with zero attached hydrogens (tertiary/aromatic N) is 1. The molecule has 2 rings (SSSR count). The predicted molar refractivity (Wildman–Crippen MR) is 70.4 cm³/mol. The van der Waals surface area contributed by atoms with Crippen molar-refractivity contribution < 1.29 is 4.79 Å². The molecule has 0 radical (unpaired) electrons. The Bertz CT molecular complexity index is 568. The maximum atomic E-state index is 12.0. The molecule has 1 heterocycles. The summed E-state index contributed by atoms with van der Waals surface area (Å²) in [6.07, 6.45) is 1.64. The van der Waals surface area contributed by atoms with E-state index in [1.807, 2.05) is 6.92 Å². The number of aryl methyl sites for hydroxylation is 1. The van der Waals surface area contributed by atoms with Gasteiger partial charge in [-0.05, 0) is 25.1 Å². The molecule has 17 heavy (non-hydrogen) atoms. The summed E-state index contributed by atoms with van der Waals surface area (Å²) < 4.78 is 0.799. The van der Waals surface area contributed by atoms with Gasteiger partial charge in [-0.15, -0.1) is 0 Å². The molecule has 1 amide bonds. The number of aromatic nitrogens is 2. The molecule has 0 bridgehead atoms. The van der Waals surface area contributed by atoms with Crippen molar-refractivity contribution in [1.82, 2.24) is 10.2 Å². The average molecular weight is 315 g/mol. The second-order valence-corrected chi connectivity index (χ2v) is 4.83. The van der Waals surface area contributed by atoms with Crippen LogP contribution in [-0.4, -0.2) is 16.1 Å². The van der Waals surface area contributed by atoms with Gasteiger partial charge in [0.05, 0.1) is 16.8 Å². The van der Waals surface area contributed by atoms with Crippen molar-refractivity contribution in [1.29, 1.82) is 0 Å². The Hall–Kier alpha value is -1.33. The predicted octanol–water partition coefficient (Wildman–Crippen LogP) is 3.39. The molecule has 0 unspecified atom stereocenters. The molecule has 0 saturated carbocycles. The van der Waals surface area contributed by atoms with Crippen LogP contribution in [0, 0.1) is 6.92 Å². The van der Waals surface area contributed by atoms with Crippen molar-refractivity contribution in [3.63, 3.8) is 0 Å². The lowest BCUT2D eigenvalue weighted by atomic mass is 10.2. The SMILES string of the molecule is Cc1cn[nH]c1NC(=O)c1cc(Br)ccc1Cl. The minimum Gasteiger partial charge on any atom is -0.307 e. The number of carbonyl (C=O) groups excluding carboxylic acids is 1. The molecule has 0 aliphatic carbocycles. The largest absolute Gasteiger partial charge is 0.307 e. The van der Waals surface area contributed by atoms with Gasteiger partial charge >= 0.3 is 0 Å². The summed E-state index contributed by atoms with van der Waals surface area (Å²) in [4.78, 5) is 12.0. The van der Waals surface area contributed by atoms with Crippen LogP contribution in [0.5, 0.6) is 0 Å². The van der Waals surface area contributed by atoms with Crippen molar-refractivity contribution in [2.75, 3.05) is 5.32 Å². The molecule has 0 saturated heterocycles. The van der Waals surface area contributed by atoms with E-state index < -0.39 is 0 Å². The fourth-order valence-corrected chi connectivity index (χ4v) is 1.89. The van der Waals surface area contributed by atoms with Crippen LogP contribution in [0.2, 0.25) is 5.02 Å². The first-order valence-electron chi connectivity index (χ1n) is 4.84. The Kier molecular flexibility index (Phi) is 3.49. The number of halogens is 2. The smallest absolute Gasteiger partial charge is 0.258 e. The molecule has 0 aliphatic rings. The molecule has 2 aromatic rings. The molecule has 4 nitrogen and oxygen atoms in total. The minimum absolute atomic E-state index is 0.274. The van der Waals surface area contributed by atoms with Gasteiger partial charge in [0.15, 0.2) is 0 Å². The number of carbonyl (C=O) groups is 1. The van der Waals surface area contributed by atoms with Gasteiger partial charge in [0.1, 0.15) is 5.82 Å². The van der Waals surface area contributed by atoms with E-state index in [4.69, 9.17) is 11.6 Å². The Labute approximate surface area is 111 Å². The van der Waals surface area contributed by atoms with E-state index in [0.717, 1.165) is 10.0 Å². The summed E-state index contributed by atoms with van der Waals surface area (Å²) in [5.74, 6) is 0.301. The molecule has 0 atom stereocenters. The van der Waals surface area contributed by atoms with Gasteiger partial charge in [0.2, 0.25) is 0 Å². The molecule has 0 aliphatic heterocycles. The topological polar surface area (TPSA) is 57.8 Å². The summed E-state index contributed by atoms with van der Waals surface area (Å²) in [5.41, 5.74) is 1.28. The molecule has 0 fully saturated rings. The zero-order chi connectivity index (χ0) is 12.4. The fraction of sp³-hybridized carbons (Fsp3) is 0.0909. The van der Waals surface area contributed by atoms with Crippen LogP contribution in [0.4, 0.5) is 5.82 Å². The van der Waals surface area contributed by atoms with Crippen LogP contribution in [-0.2, 0) is 0 Å². The van der Waals surface area contributed by atoms with E-state index in [-0.39, 0.29) is 5.91 Å². The fourth-order valence-electron chi connectivity index (χ4n) is 1.33. The number of aromatic amines is 1. The molecule has 1 aromatic carbocycles. The number of rotatable bonds is 2. The van der Waals surface area contributed by atoms with Crippen molar-refractivity contribution >= 4 is 39.3 Å². The monoisotopic (exact) mass is 313 g/mol. The number of H-pyrrole nitrogens is 1. The Morgan fingerprint density at radius 3 is 2.94 bits per heavy atom. The Morgan fingerprint density at radius 1 is 1.53 bits per heavy atom. The number of nitrogens with one attached hydrogen (secondary N) is 2. The summed E-state index contributed by atoms with van der Waals surface area (Å²) in [5, 5.41) is 9.65. The summed E-state index contributed by atoms with van der Waals surface area (Å²) in [6, 6.07) is 5.12. The third-order valence-electron chi connectivity index (χ3n) is 2.24. The van der Waals surface area contributed by atoms with Gasteiger partial charge in [-0.25, -0.2) is 0 Å². The lowest BCUT2D eigenvalue weighted by Crippen LogP contribution is -2.13. The van der Waals surface area contributed by atoms with Crippen LogP contribution in [0.3, 0.4) is 0 Å². The van der Waals surface area contributed by atoms with E-state index in [1.165, 1.54) is 0 Å². The summed E-state index contributed by atoms with van der Waals surface area (Å²) in [7, 11) is 0. The lowest BCUT2D eigenvalue weighted by molar-refractivity contribution is 0.102. The van der Waals surface area contributed by atoms with E-state index in [0.29, 0.717) is 16.4 Å². The molecule has 0 spiro atoms. The van der Waals surface area contributed by atoms with E-state index in [1.54, 1.807) is 24.4 Å². The minimum atomic E-state index is -0.274. The molecule has 88 valence electrons. The highest BCUT2D eigenvalue weighted by atomic mass is 79.9. The van der Waals surface area contributed by atoms with Crippen molar-refractivity contribution in [3.8, 4) is 0 Å². The first kappa shape index (κ1) is 12.1. The van der Waals surface area contributed by atoms with Crippen LogP contribution in [0.1, 0.15) is 15.9 Å². The van der Waals surface area contributed by atoms with Gasteiger partial charge in [-0.1, -0.05) is 27.5 Å². The van der Waals surface area contributed by atoms with Crippen molar-refractivity contribution in [3.05, 3.63) is 45.0 Å². The normalized spacial score (nSPS) is 10.3. The lowest BCUT2D eigenvalue weighted by Gasteiger charge is -2.06. The molecule has 2 N–H and O–H groups in total. The standard InChI is InChI=1S/C11H9BrClN3O/c1-6-5-14-16-10(6)15-11(17)8-4-7(12)2-3-9(8)13/h2-5H,1H3,(H2,14,15,16,17). The van der Waals surface area contributed by atoms with Crippen LogP contribution in [0.15, 0.2) is 28.9 Å². The van der Waals surface area contributed by atoms with E-state index >= 15 is 0 Å². The molecule has 1 aromatic heterocycles. The molecule has 6 heteroatoms. The molecular formula is C11H9BrClN3O. The molecular weight excluding hydrogens is 305 g/mol. The van der Waals surface area contributed by atoms with Crippen molar-refractivity contribution in [2.24, 2.45) is 0 Å². The number of hydrogen-bond donors (Lipinski definition) is 2. The first-order valence-corrected chi connectivity index (χ1v) is 6.01. The van der Waals surface area contributed by atoms with Gasteiger partial charge in [-0.3, -0.25) is 9.89 Å². The van der Waals surface area contributed by atoms with Gasteiger partial charge < -0.3 is 5.32 Å². The highest BCUT2D eigenvalue weighted by molar-refractivity contribution is 9.10. The average Bonchev–Trinajstić information content (AvgIpc) is 2.68. The van der Waals surface area contributed by atoms with Crippen LogP contribution < -0.4 is 5.32 Å². The highest BCUT2D eigenvalue weighted by Gasteiger charge is 2.12. The zero-order valence-electron chi connectivity index (χ0n) is 8.92. The third kappa shape index (κ3) is 2.68. The quantitative estimate of drug-likeness (QED) is 0.892. The van der Waals surface area contributed by atoms with Crippen molar-refractivity contribution in [2.45, 2.75) is 6.92 Å². The number of anilines is 1. The maximum Gasteiger partial charge on any atom is 0.258 e. The number of benzene rings is 1. The first-order chi connectivity index (χ1) is 8.08.